The van der Waals surface area contributed by atoms with Crippen molar-refractivity contribution in [2.75, 3.05) is 12.4 Å². The van der Waals surface area contributed by atoms with Crippen LogP contribution in [-0.2, 0) is 4.79 Å². The van der Waals surface area contributed by atoms with Crippen LogP contribution >= 0.6 is 11.3 Å². The average Bonchev–Trinajstić information content (AvgIpc) is 3.47. The van der Waals surface area contributed by atoms with Gasteiger partial charge in [0.05, 0.1) is 22.9 Å². The Labute approximate surface area is 231 Å². The second-order valence-corrected chi connectivity index (χ2v) is 10.1. The topological polar surface area (TPSA) is 95.1 Å². The predicted octanol–water partition coefficient (Wildman–Crippen LogP) is 4.69. The van der Waals surface area contributed by atoms with Crippen molar-refractivity contribution in [3.05, 3.63) is 108 Å². The van der Waals surface area contributed by atoms with Crippen LogP contribution in [0, 0.1) is 13.8 Å². The minimum absolute atomic E-state index is 0.0942. The number of amides is 1. The molecular formula is C29H25F2N3O5S. The van der Waals surface area contributed by atoms with Crippen LogP contribution < -0.4 is 29.7 Å². The lowest BCUT2D eigenvalue weighted by Gasteiger charge is -2.23. The Hall–Kier alpha value is -4.51. The number of halogens is 2. The van der Waals surface area contributed by atoms with Gasteiger partial charge in [-0.1, -0.05) is 35.6 Å². The minimum atomic E-state index is -3.01. The summed E-state index contributed by atoms with van der Waals surface area (Å²) in [7, 11) is 1.34. The number of thiazole rings is 1. The Morgan fingerprint density at radius 1 is 1.12 bits per heavy atom. The van der Waals surface area contributed by atoms with Gasteiger partial charge < -0.3 is 19.2 Å². The first-order chi connectivity index (χ1) is 19.2. The molecule has 1 aliphatic heterocycles. The molecule has 0 aliphatic carbocycles. The number of rotatable bonds is 7. The SMILES string of the molecule is COc1cc(/C=c2\sc3n(c2=O)C(c2ccc(C)o2)C(C(=O)Nc2ccccc2C)=C(C)N=3)ccc1OC(F)F. The van der Waals surface area contributed by atoms with E-state index in [9.17, 15) is 18.4 Å². The molecule has 0 saturated carbocycles. The summed E-state index contributed by atoms with van der Waals surface area (Å²) in [5.41, 5.74) is 2.41. The Kier molecular flexibility index (Phi) is 7.40. The number of hydrogen-bond acceptors (Lipinski definition) is 7. The fraction of sp³-hybridized carbons (Fsp3) is 0.207. The van der Waals surface area contributed by atoms with Crippen LogP contribution in [0.4, 0.5) is 14.5 Å². The van der Waals surface area contributed by atoms with Gasteiger partial charge in [-0.2, -0.15) is 8.78 Å². The maximum Gasteiger partial charge on any atom is 0.387 e. The van der Waals surface area contributed by atoms with Crippen LogP contribution in [0.2, 0.25) is 0 Å². The molecule has 3 heterocycles. The van der Waals surface area contributed by atoms with Crippen molar-refractivity contribution in [2.24, 2.45) is 4.99 Å². The number of nitrogens with one attached hydrogen (secondary N) is 1. The van der Waals surface area contributed by atoms with Gasteiger partial charge in [-0.25, -0.2) is 4.99 Å². The molecule has 1 aliphatic rings. The quantitative estimate of drug-likeness (QED) is 0.351. The van der Waals surface area contributed by atoms with Crippen molar-refractivity contribution in [2.45, 2.75) is 33.4 Å². The standard InChI is InChI=1S/C29H25F2N3O5S/c1-15-7-5-6-8-19(15)33-26(35)24-17(3)32-29-34(25(24)21-11-9-16(2)38-21)27(36)23(40-29)14-18-10-12-20(39-28(30)31)22(13-18)37-4/h5-14,25,28H,1-4H3,(H,33,35)/b23-14-. The molecule has 0 radical (unpaired) electrons. The van der Waals surface area contributed by atoms with Crippen molar-refractivity contribution in [3.8, 4) is 11.5 Å². The van der Waals surface area contributed by atoms with Crippen LogP contribution in [0.1, 0.15) is 35.6 Å². The van der Waals surface area contributed by atoms with E-state index in [0.29, 0.717) is 37.8 Å². The molecule has 0 fully saturated rings. The highest BCUT2D eigenvalue weighted by Crippen LogP contribution is 2.32. The van der Waals surface area contributed by atoms with E-state index in [0.717, 1.165) is 16.9 Å². The Morgan fingerprint density at radius 3 is 2.58 bits per heavy atom. The zero-order chi connectivity index (χ0) is 28.6. The molecule has 0 spiro atoms. The summed E-state index contributed by atoms with van der Waals surface area (Å²) in [6.07, 6.45) is 1.61. The Morgan fingerprint density at radius 2 is 1.90 bits per heavy atom. The van der Waals surface area contributed by atoms with E-state index in [2.05, 4.69) is 15.0 Å². The van der Waals surface area contributed by atoms with E-state index in [1.807, 2.05) is 25.1 Å². The number of fused-ring (bicyclic) bond motifs is 1. The van der Waals surface area contributed by atoms with Gasteiger partial charge >= 0.3 is 6.61 Å². The van der Waals surface area contributed by atoms with Crippen molar-refractivity contribution in [3.63, 3.8) is 0 Å². The predicted molar refractivity (Wildman–Crippen MR) is 147 cm³/mol. The molecule has 1 N–H and O–H groups in total. The summed E-state index contributed by atoms with van der Waals surface area (Å²) in [5, 5.41) is 2.95. The van der Waals surface area contributed by atoms with Crippen LogP contribution in [0.5, 0.6) is 11.5 Å². The van der Waals surface area contributed by atoms with E-state index in [-0.39, 0.29) is 22.6 Å². The molecule has 8 nitrogen and oxygen atoms in total. The van der Waals surface area contributed by atoms with Crippen molar-refractivity contribution >= 4 is 29.0 Å². The van der Waals surface area contributed by atoms with E-state index >= 15 is 0 Å². The highest BCUT2D eigenvalue weighted by atomic mass is 32.1. The van der Waals surface area contributed by atoms with E-state index in [1.165, 1.54) is 29.9 Å². The third-order valence-corrected chi connectivity index (χ3v) is 7.37. The summed E-state index contributed by atoms with van der Waals surface area (Å²) in [4.78, 5) is 32.4. The summed E-state index contributed by atoms with van der Waals surface area (Å²) in [6.45, 7) is 2.39. The molecular weight excluding hydrogens is 540 g/mol. The normalized spacial score (nSPS) is 15.2. The lowest BCUT2D eigenvalue weighted by atomic mass is 10.00. The van der Waals surface area contributed by atoms with Gasteiger partial charge in [-0.15, -0.1) is 0 Å². The number of carbonyl (C=O) groups is 1. The smallest absolute Gasteiger partial charge is 0.387 e. The number of carbonyl (C=O) groups excluding carboxylic acids is 1. The van der Waals surface area contributed by atoms with Crippen molar-refractivity contribution < 1.29 is 27.5 Å². The first kappa shape index (κ1) is 27.1. The molecule has 4 aromatic rings. The maximum atomic E-state index is 13.8. The Bertz CT molecular complexity index is 1820. The second kappa shape index (κ2) is 10.9. The molecule has 2 aromatic heterocycles. The first-order valence-corrected chi connectivity index (χ1v) is 13.1. The van der Waals surface area contributed by atoms with Crippen molar-refractivity contribution in [1.82, 2.24) is 4.57 Å². The van der Waals surface area contributed by atoms with Crippen LogP contribution in [-0.4, -0.2) is 24.2 Å². The number of para-hydroxylation sites is 1. The highest BCUT2D eigenvalue weighted by molar-refractivity contribution is 7.07. The van der Waals surface area contributed by atoms with Crippen LogP contribution in [0.25, 0.3) is 6.08 Å². The number of alkyl halides is 2. The number of nitrogens with zero attached hydrogens (tertiary/aromatic N) is 2. The first-order valence-electron chi connectivity index (χ1n) is 12.2. The van der Waals surface area contributed by atoms with Gasteiger partial charge in [-0.3, -0.25) is 14.2 Å². The number of allylic oxidation sites excluding steroid dienone is 1. The number of furan rings is 1. The van der Waals surface area contributed by atoms with E-state index in [4.69, 9.17) is 9.15 Å². The molecule has 1 amide bonds. The molecule has 1 unspecified atom stereocenters. The molecule has 0 bridgehead atoms. The van der Waals surface area contributed by atoms with Crippen LogP contribution in [0.3, 0.4) is 0 Å². The van der Waals surface area contributed by atoms with Gasteiger partial charge in [-0.05, 0) is 68.3 Å². The number of benzene rings is 2. The third kappa shape index (κ3) is 5.20. The molecule has 206 valence electrons. The van der Waals surface area contributed by atoms with E-state index < -0.39 is 18.6 Å². The molecule has 11 heteroatoms. The number of anilines is 1. The molecule has 1 atom stereocenters. The zero-order valence-electron chi connectivity index (χ0n) is 22.0. The lowest BCUT2D eigenvalue weighted by Crippen LogP contribution is -2.40. The largest absolute Gasteiger partial charge is 0.493 e. The fourth-order valence-electron chi connectivity index (χ4n) is 4.50. The summed E-state index contributed by atoms with van der Waals surface area (Å²) >= 11 is 1.14. The fourth-order valence-corrected chi connectivity index (χ4v) is 5.55. The number of methoxy groups -OCH3 is 1. The summed E-state index contributed by atoms with van der Waals surface area (Å²) in [5.74, 6) is 0.623. The summed E-state index contributed by atoms with van der Waals surface area (Å²) < 4.78 is 42.8. The molecule has 2 aromatic carbocycles. The zero-order valence-corrected chi connectivity index (χ0v) is 22.8. The highest BCUT2D eigenvalue weighted by Gasteiger charge is 2.34. The molecule has 5 rings (SSSR count). The number of aromatic nitrogens is 1. The average molecular weight is 566 g/mol. The van der Waals surface area contributed by atoms with Gasteiger partial charge in [0.25, 0.3) is 11.5 Å². The number of ether oxygens (including phenoxy) is 2. The molecule has 0 saturated heterocycles. The summed E-state index contributed by atoms with van der Waals surface area (Å²) in [6, 6.07) is 14.4. The van der Waals surface area contributed by atoms with Gasteiger partial charge in [0.15, 0.2) is 16.3 Å². The second-order valence-electron chi connectivity index (χ2n) is 9.09. The maximum absolute atomic E-state index is 13.8. The number of hydrogen-bond donors (Lipinski definition) is 1. The van der Waals surface area contributed by atoms with Crippen LogP contribution in [0.15, 0.2) is 80.1 Å². The third-order valence-electron chi connectivity index (χ3n) is 6.39. The monoisotopic (exact) mass is 565 g/mol. The van der Waals surface area contributed by atoms with Gasteiger partial charge in [0.1, 0.15) is 17.6 Å². The molecule has 40 heavy (non-hydrogen) atoms. The van der Waals surface area contributed by atoms with E-state index in [1.54, 1.807) is 38.1 Å². The number of aryl methyl sites for hydroxylation is 2. The van der Waals surface area contributed by atoms with Gasteiger partial charge in [0.2, 0.25) is 0 Å². The Balaban J connectivity index is 1.62. The van der Waals surface area contributed by atoms with Gasteiger partial charge in [0, 0.05) is 5.69 Å². The van der Waals surface area contributed by atoms with Crippen molar-refractivity contribution in [1.29, 1.82) is 0 Å². The minimum Gasteiger partial charge on any atom is -0.493 e. The lowest BCUT2D eigenvalue weighted by molar-refractivity contribution is -0.113.